The zero-order chi connectivity index (χ0) is 17.5. The van der Waals surface area contributed by atoms with Crippen molar-refractivity contribution < 1.29 is 4.74 Å². The van der Waals surface area contributed by atoms with Gasteiger partial charge in [-0.2, -0.15) is 0 Å². The van der Waals surface area contributed by atoms with Crippen LogP contribution < -0.4 is 0 Å². The molecular formula is C24H36O. The number of rotatable bonds is 6. The van der Waals surface area contributed by atoms with Gasteiger partial charge in [0.2, 0.25) is 0 Å². The lowest BCUT2D eigenvalue weighted by Crippen LogP contribution is -2.25. The second kappa shape index (κ2) is 9.57. The third kappa shape index (κ3) is 5.20. The maximum absolute atomic E-state index is 5.50. The molecule has 2 fully saturated rings. The van der Waals surface area contributed by atoms with Crippen molar-refractivity contribution in [2.24, 2.45) is 17.8 Å². The van der Waals surface area contributed by atoms with E-state index in [0.717, 1.165) is 36.9 Å². The average Bonchev–Trinajstić information content (AvgIpc) is 2.68. The van der Waals surface area contributed by atoms with Crippen molar-refractivity contribution >= 4 is 0 Å². The molecule has 0 bridgehead atoms. The highest BCUT2D eigenvalue weighted by Crippen LogP contribution is 2.44. The van der Waals surface area contributed by atoms with Crippen molar-refractivity contribution in [1.82, 2.24) is 0 Å². The number of benzene rings is 1. The number of hydrogen-bond donors (Lipinski definition) is 0. The molecule has 1 aromatic carbocycles. The molecule has 0 amide bonds. The first-order chi connectivity index (χ1) is 12.3. The fourth-order valence-electron chi connectivity index (χ4n) is 5.11. The molecule has 0 spiro atoms. The molecule has 0 radical (unpaired) electrons. The van der Waals surface area contributed by atoms with Gasteiger partial charge in [0.05, 0.1) is 6.61 Å². The van der Waals surface area contributed by atoms with Crippen molar-refractivity contribution in [3.8, 4) is 0 Å². The first-order valence-electron chi connectivity index (χ1n) is 10.6. The zero-order valence-corrected chi connectivity index (χ0v) is 16.3. The van der Waals surface area contributed by atoms with Gasteiger partial charge in [0.25, 0.3) is 0 Å². The first-order valence-corrected chi connectivity index (χ1v) is 10.6. The predicted octanol–water partition coefficient (Wildman–Crippen LogP) is 6.88. The summed E-state index contributed by atoms with van der Waals surface area (Å²) in [6.07, 6.45) is 16.2. The fraction of sp³-hybridized carbons (Fsp3) is 0.667. The zero-order valence-electron chi connectivity index (χ0n) is 16.3. The van der Waals surface area contributed by atoms with E-state index in [1.165, 1.54) is 56.9 Å². The van der Waals surface area contributed by atoms with Gasteiger partial charge in [0.1, 0.15) is 0 Å². The Morgan fingerprint density at radius 2 is 1.48 bits per heavy atom. The number of allylic oxidation sites excluding steroid dienone is 2. The van der Waals surface area contributed by atoms with Gasteiger partial charge in [-0.15, -0.1) is 0 Å². The fourth-order valence-corrected chi connectivity index (χ4v) is 5.11. The predicted molar refractivity (Wildman–Crippen MR) is 107 cm³/mol. The quantitative estimate of drug-likeness (QED) is 0.513. The first kappa shape index (κ1) is 18.7. The van der Waals surface area contributed by atoms with E-state index in [0.29, 0.717) is 0 Å². The van der Waals surface area contributed by atoms with Gasteiger partial charge in [-0.05, 0) is 100 Å². The molecular weight excluding hydrogens is 304 g/mol. The second-order valence-corrected chi connectivity index (χ2v) is 8.19. The summed E-state index contributed by atoms with van der Waals surface area (Å²) in [6, 6.07) is 9.22. The molecule has 2 aliphatic carbocycles. The monoisotopic (exact) mass is 340 g/mol. The summed E-state index contributed by atoms with van der Waals surface area (Å²) in [5, 5.41) is 0. The Labute approximate surface area is 154 Å². The average molecular weight is 341 g/mol. The Morgan fingerprint density at radius 3 is 2.04 bits per heavy atom. The Kier molecular flexibility index (Phi) is 7.16. The minimum atomic E-state index is 0.749. The van der Waals surface area contributed by atoms with Crippen LogP contribution in [0.15, 0.2) is 36.4 Å². The van der Waals surface area contributed by atoms with E-state index in [9.17, 15) is 0 Å². The standard InChI is InChI=1S/C24H36O/c1-3-5-19-6-10-21(11-7-19)23-14-16-24(17-15-23)22-12-8-20(9-13-22)18-25-4-2/h3,5,8-9,12-13,19,21,23-24H,4,6-7,10-11,14-18H2,1-2H3/b5-3-/t19-,21-,23?,24?. The SMILES string of the molecule is C/C=C\[C@H]1CC[C@H](C2CCC(c3ccc(COCC)cc3)CC2)CC1. The highest BCUT2D eigenvalue weighted by Gasteiger charge is 2.30. The molecule has 3 rings (SSSR count). The molecule has 1 aromatic rings. The molecule has 0 atom stereocenters. The molecule has 0 N–H and O–H groups in total. The van der Waals surface area contributed by atoms with Crippen molar-refractivity contribution in [3.05, 3.63) is 47.5 Å². The van der Waals surface area contributed by atoms with Gasteiger partial charge >= 0.3 is 0 Å². The lowest BCUT2D eigenvalue weighted by molar-refractivity contribution is 0.134. The normalized spacial score (nSPS) is 30.6. The maximum Gasteiger partial charge on any atom is 0.0716 e. The van der Waals surface area contributed by atoms with E-state index in [1.807, 2.05) is 0 Å². The van der Waals surface area contributed by atoms with Crippen LogP contribution >= 0.6 is 0 Å². The Bertz CT molecular complexity index is 514. The van der Waals surface area contributed by atoms with Crippen LogP contribution in [0.2, 0.25) is 0 Å². The maximum atomic E-state index is 5.50. The van der Waals surface area contributed by atoms with Crippen LogP contribution in [0, 0.1) is 17.8 Å². The van der Waals surface area contributed by atoms with Crippen LogP contribution in [-0.4, -0.2) is 6.61 Å². The third-order valence-corrected chi connectivity index (χ3v) is 6.64. The summed E-state index contributed by atoms with van der Waals surface area (Å²) < 4.78 is 5.50. The highest BCUT2D eigenvalue weighted by molar-refractivity contribution is 5.25. The van der Waals surface area contributed by atoms with Gasteiger partial charge in [-0.25, -0.2) is 0 Å². The molecule has 1 heteroatoms. The molecule has 0 saturated heterocycles. The summed E-state index contributed by atoms with van der Waals surface area (Å²) in [5.41, 5.74) is 2.85. The van der Waals surface area contributed by atoms with E-state index in [4.69, 9.17) is 4.74 Å². The third-order valence-electron chi connectivity index (χ3n) is 6.64. The molecule has 0 aromatic heterocycles. The van der Waals surface area contributed by atoms with Crippen LogP contribution in [0.4, 0.5) is 0 Å². The molecule has 25 heavy (non-hydrogen) atoms. The van der Waals surface area contributed by atoms with E-state index in [1.54, 1.807) is 5.56 Å². The lowest BCUT2D eigenvalue weighted by atomic mass is 9.68. The summed E-state index contributed by atoms with van der Waals surface area (Å²) in [7, 11) is 0. The molecule has 2 saturated carbocycles. The van der Waals surface area contributed by atoms with Crippen molar-refractivity contribution in [2.75, 3.05) is 6.61 Å². The topological polar surface area (TPSA) is 9.23 Å². The smallest absolute Gasteiger partial charge is 0.0716 e. The molecule has 138 valence electrons. The van der Waals surface area contributed by atoms with Gasteiger partial charge in [-0.1, -0.05) is 36.4 Å². The van der Waals surface area contributed by atoms with Crippen LogP contribution in [-0.2, 0) is 11.3 Å². The summed E-state index contributed by atoms with van der Waals surface area (Å²) in [4.78, 5) is 0. The van der Waals surface area contributed by atoms with E-state index >= 15 is 0 Å². The Morgan fingerprint density at radius 1 is 0.880 bits per heavy atom. The van der Waals surface area contributed by atoms with Gasteiger partial charge in [0.15, 0.2) is 0 Å². The molecule has 1 nitrogen and oxygen atoms in total. The van der Waals surface area contributed by atoms with Crippen LogP contribution in [0.3, 0.4) is 0 Å². The van der Waals surface area contributed by atoms with Crippen LogP contribution in [0.25, 0.3) is 0 Å². The van der Waals surface area contributed by atoms with Crippen molar-refractivity contribution in [3.63, 3.8) is 0 Å². The van der Waals surface area contributed by atoms with E-state index in [-0.39, 0.29) is 0 Å². The molecule has 0 unspecified atom stereocenters. The summed E-state index contributed by atoms with van der Waals surface area (Å²) in [5.74, 6) is 3.67. The minimum Gasteiger partial charge on any atom is -0.377 e. The molecule has 0 aliphatic heterocycles. The Balaban J connectivity index is 1.45. The van der Waals surface area contributed by atoms with Crippen LogP contribution in [0.5, 0.6) is 0 Å². The highest BCUT2D eigenvalue weighted by atomic mass is 16.5. The number of ether oxygens (including phenoxy) is 1. The Hall–Kier alpha value is -1.08. The largest absolute Gasteiger partial charge is 0.377 e. The van der Waals surface area contributed by atoms with Crippen LogP contribution in [0.1, 0.15) is 82.3 Å². The number of hydrogen-bond acceptors (Lipinski definition) is 1. The van der Waals surface area contributed by atoms with Gasteiger partial charge < -0.3 is 4.74 Å². The van der Waals surface area contributed by atoms with Crippen molar-refractivity contribution in [2.45, 2.75) is 77.7 Å². The lowest BCUT2D eigenvalue weighted by Gasteiger charge is -2.37. The van der Waals surface area contributed by atoms with Crippen molar-refractivity contribution in [1.29, 1.82) is 0 Å². The molecule has 0 heterocycles. The van der Waals surface area contributed by atoms with Gasteiger partial charge in [-0.3, -0.25) is 0 Å². The second-order valence-electron chi connectivity index (χ2n) is 8.19. The molecule has 2 aliphatic rings. The van der Waals surface area contributed by atoms with E-state index < -0.39 is 0 Å². The summed E-state index contributed by atoms with van der Waals surface area (Å²) in [6.45, 7) is 5.76. The van der Waals surface area contributed by atoms with E-state index in [2.05, 4.69) is 50.3 Å². The summed E-state index contributed by atoms with van der Waals surface area (Å²) >= 11 is 0. The van der Waals surface area contributed by atoms with Gasteiger partial charge in [0, 0.05) is 6.61 Å². The minimum absolute atomic E-state index is 0.749.